The maximum Gasteiger partial charge on any atom is 0.335 e. The third kappa shape index (κ3) is 4.09. The second kappa shape index (κ2) is 6.00. The van der Waals surface area contributed by atoms with Gasteiger partial charge in [0.25, 0.3) is 0 Å². The van der Waals surface area contributed by atoms with Crippen molar-refractivity contribution in [1.29, 1.82) is 0 Å². The van der Waals surface area contributed by atoms with E-state index in [1.54, 1.807) is 18.2 Å². The molecule has 110 valence electrons. The van der Waals surface area contributed by atoms with E-state index in [0.29, 0.717) is 12.1 Å². The Morgan fingerprint density at radius 1 is 1.10 bits per heavy atom. The van der Waals surface area contributed by atoms with Crippen molar-refractivity contribution in [3.8, 4) is 0 Å². The number of carboxylic acids is 1. The summed E-state index contributed by atoms with van der Waals surface area (Å²) in [5.41, 5.74) is 3.74. The van der Waals surface area contributed by atoms with Gasteiger partial charge in [0.1, 0.15) is 0 Å². The van der Waals surface area contributed by atoms with E-state index in [0.717, 1.165) is 11.3 Å². The summed E-state index contributed by atoms with van der Waals surface area (Å²) in [6, 6.07) is 15.3. The topological polar surface area (TPSA) is 49.3 Å². The van der Waals surface area contributed by atoms with E-state index in [-0.39, 0.29) is 5.41 Å². The molecule has 0 saturated carbocycles. The standard InChI is InChI=1S/C18H21NO2/c1-18(2,3)15-7-9-16(10-8-15)19-12-13-5-4-6-14(11-13)17(20)21/h4-11,19H,12H2,1-3H3,(H,20,21). The van der Waals surface area contributed by atoms with Crippen molar-refractivity contribution in [2.75, 3.05) is 5.32 Å². The van der Waals surface area contributed by atoms with Crippen LogP contribution in [0.4, 0.5) is 5.69 Å². The quantitative estimate of drug-likeness (QED) is 0.879. The highest BCUT2D eigenvalue weighted by Gasteiger charge is 2.12. The minimum Gasteiger partial charge on any atom is -0.478 e. The summed E-state index contributed by atoms with van der Waals surface area (Å²) in [7, 11) is 0. The Balaban J connectivity index is 2.03. The van der Waals surface area contributed by atoms with Crippen LogP contribution in [0.25, 0.3) is 0 Å². The SMILES string of the molecule is CC(C)(C)c1ccc(NCc2cccc(C(=O)O)c2)cc1. The van der Waals surface area contributed by atoms with E-state index < -0.39 is 5.97 Å². The molecule has 3 nitrogen and oxygen atoms in total. The fourth-order valence-corrected chi connectivity index (χ4v) is 2.11. The molecule has 0 aliphatic rings. The number of hydrogen-bond acceptors (Lipinski definition) is 2. The summed E-state index contributed by atoms with van der Waals surface area (Å²) in [6.45, 7) is 7.17. The largest absolute Gasteiger partial charge is 0.478 e. The van der Waals surface area contributed by atoms with Gasteiger partial charge in [-0.2, -0.15) is 0 Å². The minimum atomic E-state index is -0.897. The average molecular weight is 283 g/mol. The zero-order valence-electron chi connectivity index (χ0n) is 12.7. The molecule has 0 aliphatic carbocycles. The molecule has 0 heterocycles. The number of carboxylic acid groups (broad SMARTS) is 1. The molecule has 0 atom stereocenters. The van der Waals surface area contributed by atoms with Crippen LogP contribution in [-0.2, 0) is 12.0 Å². The Morgan fingerprint density at radius 2 is 1.76 bits per heavy atom. The van der Waals surface area contributed by atoms with E-state index in [1.165, 1.54) is 5.56 Å². The van der Waals surface area contributed by atoms with Crippen molar-refractivity contribution in [2.45, 2.75) is 32.7 Å². The fourth-order valence-electron chi connectivity index (χ4n) is 2.11. The number of carbonyl (C=O) groups is 1. The van der Waals surface area contributed by atoms with Gasteiger partial charge < -0.3 is 10.4 Å². The van der Waals surface area contributed by atoms with Gasteiger partial charge in [-0.25, -0.2) is 4.79 Å². The van der Waals surface area contributed by atoms with Crippen molar-refractivity contribution in [3.05, 3.63) is 65.2 Å². The average Bonchev–Trinajstić information content (AvgIpc) is 2.45. The van der Waals surface area contributed by atoms with Crippen LogP contribution in [0.2, 0.25) is 0 Å². The number of nitrogens with one attached hydrogen (secondary N) is 1. The monoisotopic (exact) mass is 283 g/mol. The summed E-state index contributed by atoms with van der Waals surface area (Å²) in [6.07, 6.45) is 0. The fraction of sp³-hybridized carbons (Fsp3) is 0.278. The molecule has 0 spiro atoms. The lowest BCUT2D eigenvalue weighted by molar-refractivity contribution is 0.0697. The maximum atomic E-state index is 10.9. The first kappa shape index (κ1) is 15.1. The molecule has 3 heteroatoms. The van der Waals surface area contributed by atoms with E-state index >= 15 is 0 Å². The third-order valence-electron chi connectivity index (χ3n) is 3.42. The van der Waals surface area contributed by atoms with E-state index in [1.807, 2.05) is 6.07 Å². The van der Waals surface area contributed by atoms with Crippen LogP contribution >= 0.6 is 0 Å². The summed E-state index contributed by atoms with van der Waals surface area (Å²) in [5, 5.41) is 12.3. The third-order valence-corrected chi connectivity index (χ3v) is 3.42. The van der Waals surface area contributed by atoms with Crippen molar-refractivity contribution in [1.82, 2.24) is 0 Å². The summed E-state index contributed by atoms with van der Waals surface area (Å²) < 4.78 is 0. The molecule has 2 aromatic carbocycles. The molecule has 0 radical (unpaired) electrons. The van der Waals surface area contributed by atoms with Crippen molar-refractivity contribution in [3.63, 3.8) is 0 Å². The van der Waals surface area contributed by atoms with Crippen LogP contribution in [0.3, 0.4) is 0 Å². The lowest BCUT2D eigenvalue weighted by atomic mass is 9.87. The van der Waals surface area contributed by atoms with Crippen molar-refractivity contribution >= 4 is 11.7 Å². The first-order valence-electron chi connectivity index (χ1n) is 7.03. The van der Waals surface area contributed by atoms with Crippen LogP contribution in [0.1, 0.15) is 42.3 Å². The predicted octanol–water partition coefficient (Wildman–Crippen LogP) is 4.29. The molecular formula is C18H21NO2. The molecule has 2 aromatic rings. The molecule has 0 aliphatic heterocycles. The molecule has 2 N–H and O–H groups in total. The van der Waals surface area contributed by atoms with Gasteiger partial charge in [0.15, 0.2) is 0 Å². The zero-order chi connectivity index (χ0) is 15.5. The molecule has 21 heavy (non-hydrogen) atoms. The van der Waals surface area contributed by atoms with Gasteiger partial charge in [0.05, 0.1) is 5.56 Å². The van der Waals surface area contributed by atoms with Crippen molar-refractivity contribution < 1.29 is 9.90 Å². The van der Waals surface area contributed by atoms with Crippen LogP contribution in [0.5, 0.6) is 0 Å². The smallest absolute Gasteiger partial charge is 0.335 e. The minimum absolute atomic E-state index is 0.147. The lowest BCUT2D eigenvalue weighted by Gasteiger charge is -2.19. The van der Waals surface area contributed by atoms with E-state index in [2.05, 4.69) is 50.4 Å². The highest BCUT2D eigenvalue weighted by molar-refractivity contribution is 5.87. The molecule has 0 unspecified atom stereocenters. The summed E-state index contributed by atoms with van der Waals surface area (Å²) >= 11 is 0. The molecule has 0 aromatic heterocycles. The second-order valence-electron chi connectivity index (χ2n) is 6.19. The molecular weight excluding hydrogens is 262 g/mol. The van der Waals surface area contributed by atoms with E-state index in [9.17, 15) is 4.79 Å². The highest BCUT2D eigenvalue weighted by Crippen LogP contribution is 2.23. The first-order chi connectivity index (χ1) is 9.86. The number of aromatic carboxylic acids is 1. The highest BCUT2D eigenvalue weighted by atomic mass is 16.4. The number of benzene rings is 2. The molecule has 2 rings (SSSR count). The second-order valence-corrected chi connectivity index (χ2v) is 6.19. The number of anilines is 1. The molecule has 0 bridgehead atoms. The van der Waals surface area contributed by atoms with Crippen LogP contribution in [-0.4, -0.2) is 11.1 Å². The molecule has 0 fully saturated rings. The Morgan fingerprint density at radius 3 is 2.33 bits per heavy atom. The Hall–Kier alpha value is -2.29. The van der Waals surface area contributed by atoms with Gasteiger partial charge in [0.2, 0.25) is 0 Å². The Kier molecular flexibility index (Phi) is 4.32. The van der Waals surface area contributed by atoms with Gasteiger partial charge in [-0.05, 0) is 40.8 Å². The van der Waals surface area contributed by atoms with Gasteiger partial charge in [0, 0.05) is 12.2 Å². The van der Waals surface area contributed by atoms with Crippen molar-refractivity contribution in [2.24, 2.45) is 0 Å². The predicted molar refractivity (Wildman–Crippen MR) is 85.9 cm³/mol. The zero-order valence-corrected chi connectivity index (χ0v) is 12.7. The van der Waals surface area contributed by atoms with Crippen LogP contribution < -0.4 is 5.32 Å². The summed E-state index contributed by atoms with van der Waals surface area (Å²) in [4.78, 5) is 10.9. The van der Waals surface area contributed by atoms with E-state index in [4.69, 9.17) is 5.11 Å². The normalized spacial score (nSPS) is 11.2. The summed E-state index contributed by atoms with van der Waals surface area (Å²) in [5.74, 6) is -0.897. The van der Waals surface area contributed by atoms with Gasteiger partial charge in [-0.3, -0.25) is 0 Å². The van der Waals surface area contributed by atoms with Gasteiger partial charge in [-0.1, -0.05) is 45.0 Å². The first-order valence-corrected chi connectivity index (χ1v) is 7.03. The Bertz CT molecular complexity index is 624. The van der Waals surface area contributed by atoms with Gasteiger partial charge in [-0.15, -0.1) is 0 Å². The van der Waals surface area contributed by atoms with Gasteiger partial charge >= 0.3 is 5.97 Å². The molecule has 0 amide bonds. The van der Waals surface area contributed by atoms with Crippen LogP contribution in [0, 0.1) is 0 Å². The number of rotatable bonds is 4. The van der Waals surface area contributed by atoms with Crippen LogP contribution in [0.15, 0.2) is 48.5 Å². The number of hydrogen-bond donors (Lipinski definition) is 2. The molecule has 0 saturated heterocycles. The lowest BCUT2D eigenvalue weighted by Crippen LogP contribution is -2.10. The Labute approximate surface area is 125 Å². The maximum absolute atomic E-state index is 10.9.